The number of ether oxygens (including phenoxy) is 1. The largest absolute Gasteiger partial charge is 1.00 e. The number of anilines is 1. The third kappa shape index (κ3) is 7.88. The molecule has 1 aromatic rings. The van der Waals surface area contributed by atoms with Crippen LogP contribution >= 0.6 is 0 Å². The van der Waals surface area contributed by atoms with Gasteiger partial charge in [-0.15, -0.1) is 0 Å². The van der Waals surface area contributed by atoms with Crippen LogP contribution in [0.4, 0.5) is 5.69 Å². The zero-order valence-corrected chi connectivity index (χ0v) is 13.4. The molecule has 1 aromatic heterocycles. The van der Waals surface area contributed by atoms with Gasteiger partial charge < -0.3 is 14.6 Å². The summed E-state index contributed by atoms with van der Waals surface area (Å²) in [5, 5.41) is 2.46. The van der Waals surface area contributed by atoms with Gasteiger partial charge in [-0.2, -0.15) is 0 Å². The molecular weight excluding hydrogens is 267 g/mol. The van der Waals surface area contributed by atoms with E-state index in [0.29, 0.717) is 18.2 Å². The molecule has 0 saturated heterocycles. The van der Waals surface area contributed by atoms with Crippen molar-refractivity contribution in [1.82, 2.24) is 4.98 Å². The molecule has 0 aliphatic carbocycles. The number of rotatable bonds is 7. The molecule has 0 atom stereocenters. The van der Waals surface area contributed by atoms with Gasteiger partial charge in [-0.25, -0.2) is 13.4 Å². The van der Waals surface area contributed by atoms with Gasteiger partial charge in [-0.3, -0.25) is 0 Å². The van der Waals surface area contributed by atoms with E-state index in [2.05, 4.69) is 17.2 Å². The van der Waals surface area contributed by atoms with E-state index in [1.54, 1.807) is 12.1 Å². The smallest absolute Gasteiger partial charge is 0.747 e. The summed E-state index contributed by atoms with van der Waals surface area (Å²) in [6.07, 6.45) is 3.42. The van der Waals surface area contributed by atoms with Crippen molar-refractivity contribution in [1.29, 1.82) is 0 Å². The molecule has 1 rings (SSSR count). The Morgan fingerprint density at radius 1 is 1.44 bits per heavy atom. The van der Waals surface area contributed by atoms with E-state index in [9.17, 15) is 13.0 Å². The van der Waals surface area contributed by atoms with Crippen LogP contribution in [-0.4, -0.2) is 30.4 Å². The molecule has 0 saturated carbocycles. The molecule has 0 aromatic carbocycles. The van der Waals surface area contributed by atoms with E-state index in [4.69, 9.17) is 4.74 Å². The minimum absolute atomic E-state index is 0. The van der Waals surface area contributed by atoms with Crippen molar-refractivity contribution < 1.29 is 47.3 Å². The molecule has 0 aliphatic heterocycles. The Morgan fingerprint density at radius 3 is 2.67 bits per heavy atom. The number of hydrogen-bond acceptors (Lipinski definition) is 6. The Balaban J connectivity index is 0.00000289. The molecular formula is C10H15N2NaO4S. The minimum Gasteiger partial charge on any atom is -0.747 e. The monoisotopic (exact) mass is 282 g/mol. The average Bonchev–Trinajstić information content (AvgIpc) is 2.27. The maximum absolute atomic E-state index is 10.4. The number of pyridine rings is 1. The van der Waals surface area contributed by atoms with Crippen LogP contribution in [0.3, 0.4) is 0 Å². The maximum Gasteiger partial charge on any atom is 1.00 e. The summed E-state index contributed by atoms with van der Waals surface area (Å²) in [6, 6.07) is 3.23. The average molecular weight is 282 g/mol. The van der Waals surface area contributed by atoms with Gasteiger partial charge in [0.15, 0.2) is 0 Å². The van der Waals surface area contributed by atoms with Crippen molar-refractivity contribution >= 4 is 15.8 Å². The molecule has 6 nitrogen and oxygen atoms in total. The summed E-state index contributed by atoms with van der Waals surface area (Å²) in [6.45, 7) is 2.67. The van der Waals surface area contributed by atoms with Gasteiger partial charge in [0.05, 0.1) is 18.5 Å². The Labute approximate surface area is 129 Å². The van der Waals surface area contributed by atoms with Gasteiger partial charge in [0.25, 0.3) is 0 Å². The van der Waals surface area contributed by atoms with E-state index < -0.39 is 16.0 Å². The zero-order chi connectivity index (χ0) is 12.7. The number of unbranched alkanes of at least 4 members (excludes halogenated alkanes) is 1. The van der Waals surface area contributed by atoms with Crippen molar-refractivity contribution in [2.24, 2.45) is 0 Å². The summed E-state index contributed by atoms with van der Waals surface area (Å²) in [5.74, 6) is -0.168. The Morgan fingerprint density at radius 2 is 2.17 bits per heavy atom. The summed E-state index contributed by atoms with van der Waals surface area (Å²) < 4.78 is 36.5. The SMILES string of the molecule is CCCCOc1ccc(NCS(=O)(=O)[O-])cn1.[Na+]. The standard InChI is InChI=1S/C10H16N2O4S.Na/c1-2-3-6-16-10-5-4-9(7-11-10)12-8-17(13,14)15;/h4-5,7,12H,2-3,6,8H2,1H3,(H,13,14,15);/q;+1/p-1. The third-order valence-corrected chi connectivity index (χ3v) is 2.44. The zero-order valence-electron chi connectivity index (χ0n) is 10.5. The second-order valence-electron chi connectivity index (χ2n) is 3.47. The Bertz CT molecular complexity index is 436. The molecule has 0 amide bonds. The summed E-state index contributed by atoms with van der Waals surface area (Å²) in [4.78, 5) is 3.97. The molecule has 18 heavy (non-hydrogen) atoms. The van der Waals surface area contributed by atoms with E-state index in [1.807, 2.05) is 0 Å². The van der Waals surface area contributed by atoms with Crippen LogP contribution in [0.2, 0.25) is 0 Å². The number of hydrogen-bond donors (Lipinski definition) is 1. The number of nitrogens with zero attached hydrogens (tertiary/aromatic N) is 1. The normalized spacial score (nSPS) is 10.6. The molecule has 0 aliphatic rings. The van der Waals surface area contributed by atoms with Gasteiger partial charge in [0.2, 0.25) is 5.88 Å². The topological polar surface area (TPSA) is 91.3 Å². The Kier molecular flexibility index (Phi) is 8.54. The summed E-state index contributed by atoms with van der Waals surface area (Å²) in [5.41, 5.74) is 0.465. The summed E-state index contributed by atoms with van der Waals surface area (Å²) >= 11 is 0. The van der Waals surface area contributed by atoms with Crippen molar-refractivity contribution in [2.75, 3.05) is 17.8 Å². The second-order valence-corrected chi connectivity index (χ2v) is 4.87. The number of nitrogens with one attached hydrogen (secondary N) is 1. The van der Waals surface area contributed by atoms with Gasteiger partial charge in [-0.05, 0) is 12.5 Å². The molecule has 1 heterocycles. The van der Waals surface area contributed by atoms with Crippen molar-refractivity contribution in [3.05, 3.63) is 18.3 Å². The van der Waals surface area contributed by atoms with Crippen LogP contribution in [0, 0.1) is 0 Å². The summed E-state index contributed by atoms with van der Waals surface area (Å²) in [7, 11) is -4.27. The van der Waals surface area contributed by atoms with Crippen molar-refractivity contribution in [2.45, 2.75) is 19.8 Å². The fourth-order valence-corrected chi connectivity index (χ4v) is 1.41. The van der Waals surface area contributed by atoms with Crippen LogP contribution in [0.1, 0.15) is 19.8 Å². The van der Waals surface area contributed by atoms with Gasteiger partial charge in [0.1, 0.15) is 16.0 Å². The first-order valence-corrected chi connectivity index (χ1v) is 6.85. The quantitative estimate of drug-likeness (QED) is 0.360. The molecule has 0 fully saturated rings. The molecule has 0 radical (unpaired) electrons. The van der Waals surface area contributed by atoms with Gasteiger partial charge in [-0.1, -0.05) is 13.3 Å². The van der Waals surface area contributed by atoms with E-state index >= 15 is 0 Å². The van der Waals surface area contributed by atoms with Crippen LogP contribution in [-0.2, 0) is 10.1 Å². The maximum atomic E-state index is 10.4. The molecule has 8 heteroatoms. The molecule has 96 valence electrons. The van der Waals surface area contributed by atoms with Crippen LogP contribution < -0.4 is 39.6 Å². The first kappa shape index (κ1) is 17.7. The fourth-order valence-electron chi connectivity index (χ4n) is 1.06. The predicted octanol–water partition coefficient (Wildman–Crippen LogP) is -1.82. The molecule has 0 unspecified atom stereocenters. The van der Waals surface area contributed by atoms with Crippen LogP contribution in [0.5, 0.6) is 5.88 Å². The molecule has 0 bridgehead atoms. The minimum atomic E-state index is -4.27. The van der Waals surface area contributed by atoms with E-state index in [1.165, 1.54) is 6.20 Å². The fraction of sp³-hybridized carbons (Fsp3) is 0.500. The van der Waals surface area contributed by atoms with E-state index in [-0.39, 0.29) is 29.6 Å². The first-order valence-electron chi connectivity index (χ1n) is 5.27. The van der Waals surface area contributed by atoms with E-state index in [0.717, 1.165) is 12.8 Å². The predicted molar refractivity (Wildman–Crippen MR) is 62.8 cm³/mol. The Hall–Kier alpha value is -0.340. The third-order valence-electron chi connectivity index (χ3n) is 1.94. The van der Waals surface area contributed by atoms with Gasteiger partial charge >= 0.3 is 29.6 Å². The van der Waals surface area contributed by atoms with Crippen LogP contribution in [0.25, 0.3) is 0 Å². The van der Waals surface area contributed by atoms with Gasteiger partial charge in [0, 0.05) is 6.07 Å². The second kappa shape index (κ2) is 8.71. The van der Waals surface area contributed by atoms with Crippen molar-refractivity contribution in [3.63, 3.8) is 0 Å². The molecule has 1 N–H and O–H groups in total. The first-order chi connectivity index (χ1) is 8.01. The molecule has 0 spiro atoms. The van der Waals surface area contributed by atoms with Crippen LogP contribution in [0.15, 0.2) is 18.3 Å². The van der Waals surface area contributed by atoms with Crippen molar-refractivity contribution in [3.8, 4) is 5.88 Å². The number of aromatic nitrogens is 1.